The second-order valence-corrected chi connectivity index (χ2v) is 2.90. The van der Waals surface area contributed by atoms with Crippen LogP contribution in [0.15, 0.2) is 12.2 Å². The number of aliphatic hydroxyl groups is 2. The maximum atomic E-state index is 9.17. The highest BCUT2D eigenvalue weighted by Crippen LogP contribution is 2.07. The predicted octanol–water partition coefficient (Wildman–Crippen LogP) is 1.08. The van der Waals surface area contributed by atoms with Crippen molar-refractivity contribution >= 4 is 0 Å². The van der Waals surface area contributed by atoms with Gasteiger partial charge in [0.05, 0.1) is 12.2 Å². The molecule has 0 bridgehead atoms. The molecule has 0 rings (SSSR count). The molecule has 0 heterocycles. The molecule has 2 N–H and O–H groups in total. The van der Waals surface area contributed by atoms with Crippen LogP contribution in [0.4, 0.5) is 0 Å². The van der Waals surface area contributed by atoms with Gasteiger partial charge in [-0.25, -0.2) is 0 Å². The Bertz CT molecular complexity index is 108. The van der Waals surface area contributed by atoms with E-state index in [1.807, 2.05) is 6.92 Å². The standard InChI is InChI=1S/C8H16O2/c1-6(2)4-8(10)5-7(3)9/h7-10H,1,4-5H2,2-3H3. The Morgan fingerprint density at radius 1 is 1.50 bits per heavy atom. The summed E-state index contributed by atoms with van der Waals surface area (Å²) in [6, 6.07) is 0. The van der Waals surface area contributed by atoms with Crippen LogP contribution in [-0.4, -0.2) is 22.4 Å². The van der Waals surface area contributed by atoms with Crippen molar-refractivity contribution in [2.75, 3.05) is 0 Å². The fraction of sp³-hybridized carbons (Fsp3) is 0.750. The summed E-state index contributed by atoms with van der Waals surface area (Å²) < 4.78 is 0. The molecule has 0 radical (unpaired) electrons. The third-order valence-electron chi connectivity index (χ3n) is 1.20. The molecule has 0 aliphatic rings. The molecule has 2 heteroatoms. The Kier molecular flexibility index (Phi) is 4.32. The van der Waals surface area contributed by atoms with E-state index in [0.29, 0.717) is 12.8 Å². The van der Waals surface area contributed by atoms with Crippen molar-refractivity contribution in [3.05, 3.63) is 12.2 Å². The summed E-state index contributed by atoms with van der Waals surface area (Å²) in [4.78, 5) is 0. The minimum Gasteiger partial charge on any atom is -0.393 e. The summed E-state index contributed by atoms with van der Waals surface area (Å²) in [6.07, 6.45) is 0.171. The molecule has 0 aliphatic carbocycles. The van der Waals surface area contributed by atoms with Gasteiger partial charge in [-0.15, -0.1) is 6.58 Å². The van der Waals surface area contributed by atoms with Gasteiger partial charge in [0.1, 0.15) is 0 Å². The molecular formula is C8H16O2. The summed E-state index contributed by atoms with van der Waals surface area (Å²) >= 11 is 0. The quantitative estimate of drug-likeness (QED) is 0.580. The van der Waals surface area contributed by atoms with E-state index in [2.05, 4.69) is 6.58 Å². The number of rotatable bonds is 4. The lowest BCUT2D eigenvalue weighted by Gasteiger charge is -2.11. The topological polar surface area (TPSA) is 40.5 Å². The Balaban J connectivity index is 3.43. The van der Waals surface area contributed by atoms with Crippen LogP contribution in [0.3, 0.4) is 0 Å². The van der Waals surface area contributed by atoms with Gasteiger partial charge < -0.3 is 10.2 Å². The van der Waals surface area contributed by atoms with Gasteiger partial charge >= 0.3 is 0 Å². The number of hydrogen-bond donors (Lipinski definition) is 2. The molecule has 0 aromatic carbocycles. The lowest BCUT2D eigenvalue weighted by Crippen LogP contribution is -2.14. The van der Waals surface area contributed by atoms with Crippen LogP contribution >= 0.6 is 0 Å². The highest BCUT2D eigenvalue weighted by atomic mass is 16.3. The van der Waals surface area contributed by atoms with Gasteiger partial charge in [-0.2, -0.15) is 0 Å². The van der Waals surface area contributed by atoms with Crippen LogP contribution in [0.2, 0.25) is 0 Å². The first-order valence-corrected chi connectivity index (χ1v) is 3.53. The number of hydrogen-bond acceptors (Lipinski definition) is 2. The molecule has 0 fully saturated rings. The summed E-state index contributed by atoms with van der Waals surface area (Å²) in [6.45, 7) is 7.20. The smallest absolute Gasteiger partial charge is 0.0601 e. The van der Waals surface area contributed by atoms with Gasteiger partial charge in [0.2, 0.25) is 0 Å². The minimum atomic E-state index is -0.433. The fourth-order valence-corrected chi connectivity index (χ4v) is 0.879. The fourth-order valence-electron chi connectivity index (χ4n) is 0.879. The van der Waals surface area contributed by atoms with E-state index in [1.165, 1.54) is 0 Å². The highest BCUT2D eigenvalue weighted by Gasteiger charge is 2.06. The van der Waals surface area contributed by atoms with E-state index in [0.717, 1.165) is 5.57 Å². The van der Waals surface area contributed by atoms with E-state index < -0.39 is 12.2 Å². The minimum absolute atomic E-state index is 0.422. The lowest BCUT2D eigenvalue weighted by molar-refractivity contribution is 0.0909. The SMILES string of the molecule is C=C(C)CC(O)CC(C)O. The van der Waals surface area contributed by atoms with E-state index in [-0.39, 0.29) is 0 Å². The molecule has 0 aliphatic heterocycles. The summed E-state index contributed by atoms with van der Waals surface area (Å²) in [5.74, 6) is 0. The van der Waals surface area contributed by atoms with Gasteiger partial charge in [0, 0.05) is 0 Å². The molecule has 0 spiro atoms. The Morgan fingerprint density at radius 3 is 2.30 bits per heavy atom. The van der Waals surface area contributed by atoms with E-state index in [1.54, 1.807) is 6.92 Å². The first-order valence-electron chi connectivity index (χ1n) is 3.53. The molecule has 60 valence electrons. The third-order valence-corrected chi connectivity index (χ3v) is 1.20. The zero-order valence-corrected chi connectivity index (χ0v) is 6.67. The summed E-state index contributed by atoms with van der Waals surface area (Å²) in [5.41, 5.74) is 0.952. The maximum Gasteiger partial charge on any atom is 0.0601 e. The van der Waals surface area contributed by atoms with E-state index in [9.17, 15) is 0 Å². The molecule has 0 aromatic heterocycles. The molecule has 10 heavy (non-hydrogen) atoms. The maximum absolute atomic E-state index is 9.17. The van der Waals surface area contributed by atoms with Gasteiger partial charge in [0.25, 0.3) is 0 Å². The molecule has 2 atom stereocenters. The Morgan fingerprint density at radius 2 is 2.00 bits per heavy atom. The molecule has 0 amide bonds. The molecule has 0 aromatic rings. The average Bonchev–Trinajstić information content (AvgIpc) is 1.58. The average molecular weight is 144 g/mol. The Hall–Kier alpha value is -0.340. The van der Waals surface area contributed by atoms with E-state index in [4.69, 9.17) is 10.2 Å². The van der Waals surface area contributed by atoms with Crippen molar-refractivity contribution in [1.82, 2.24) is 0 Å². The van der Waals surface area contributed by atoms with Crippen molar-refractivity contribution in [3.8, 4) is 0 Å². The second-order valence-electron chi connectivity index (χ2n) is 2.90. The van der Waals surface area contributed by atoms with Crippen LogP contribution in [0, 0.1) is 0 Å². The molecule has 0 saturated heterocycles. The molecule has 2 nitrogen and oxygen atoms in total. The van der Waals surface area contributed by atoms with Crippen molar-refractivity contribution in [2.45, 2.75) is 38.9 Å². The van der Waals surface area contributed by atoms with Gasteiger partial charge in [-0.1, -0.05) is 5.57 Å². The van der Waals surface area contributed by atoms with Gasteiger partial charge in [-0.3, -0.25) is 0 Å². The zero-order valence-electron chi connectivity index (χ0n) is 6.67. The molecular weight excluding hydrogens is 128 g/mol. The van der Waals surface area contributed by atoms with Crippen LogP contribution in [0.1, 0.15) is 26.7 Å². The van der Waals surface area contributed by atoms with Crippen LogP contribution < -0.4 is 0 Å². The van der Waals surface area contributed by atoms with Gasteiger partial charge in [0.15, 0.2) is 0 Å². The van der Waals surface area contributed by atoms with Crippen molar-refractivity contribution in [1.29, 1.82) is 0 Å². The van der Waals surface area contributed by atoms with E-state index >= 15 is 0 Å². The van der Waals surface area contributed by atoms with Crippen LogP contribution in [0.5, 0.6) is 0 Å². The van der Waals surface area contributed by atoms with Crippen LogP contribution in [0.25, 0.3) is 0 Å². The normalized spacial score (nSPS) is 16.4. The first-order chi connectivity index (χ1) is 4.52. The third kappa shape index (κ3) is 5.79. The Labute approximate surface area is 62.2 Å². The lowest BCUT2D eigenvalue weighted by atomic mass is 10.1. The summed E-state index contributed by atoms with van der Waals surface area (Å²) in [7, 11) is 0. The zero-order chi connectivity index (χ0) is 8.15. The highest BCUT2D eigenvalue weighted by molar-refractivity contribution is 4.90. The van der Waals surface area contributed by atoms with Crippen molar-refractivity contribution in [2.24, 2.45) is 0 Å². The van der Waals surface area contributed by atoms with Crippen molar-refractivity contribution in [3.63, 3.8) is 0 Å². The van der Waals surface area contributed by atoms with Crippen LogP contribution in [-0.2, 0) is 0 Å². The van der Waals surface area contributed by atoms with Crippen molar-refractivity contribution < 1.29 is 10.2 Å². The number of aliphatic hydroxyl groups excluding tert-OH is 2. The van der Waals surface area contributed by atoms with Gasteiger partial charge in [-0.05, 0) is 26.7 Å². The predicted molar refractivity (Wildman–Crippen MR) is 41.7 cm³/mol. The summed E-state index contributed by atoms with van der Waals surface area (Å²) in [5, 5.41) is 18.0. The molecule has 0 saturated carbocycles. The monoisotopic (exact) mass is 144 g/mol. The largest absolute Gasteiger partial charge is 0.393 e. The first kappa shape index (κ1) is 9.66. The molecule has 2 unspecified atom stereocenters. The second kappa shape index (κ2) is 4.47.